The molecule has 0 saturated heterocycles. The lowest BCUT2D eigenvalue weighted by molar-refractivity contribution is -0.137. The van der Waals surface area contributed by atoms with Gasteiger partial charge < -0.3 is 10.4 Å². The molecule has 1 fully saturated rings. The number of carboxylic acids is 1. The van der Waals surface area contributed by atoms with E-state index in [4.69, 9.17) is 5.11 Å². The quantitative estimate of drug-likeness (QED) is 0.785. The van der Waals surface area contributed by atoms with E-state index in [1.165, 1.54) is 6.33 Å². The van der Waals surface area contributed by atoms with Crippen molar-refractivity contribution in [2.75, 3.05) is 5.32 Å². The summed E-state index contributed by atoms with van der Waals surface area (Å²) in [6.45, 7) is 2.03. The minimum Gasteiger partial charge on any atom is -0.481 e. The number of nitrogens with zero attached hydrogens (tertiary/aromatic N) is 2. The highest BCUT2D eigenvalue weighted by molar-refractivity contribution is 5.68. The Morgan fingerprint density at radius 2 is 2.35 bits per heavy atom. The van der Waals surface area contributed by atoms with Gasteiger partial charge in [0, 0.05) is 17.8 Å². The van der Waals surface area contributed by atoms with Gasteiger partial charge in [-0.05, 0) is 25.2 Å². The number of aryl methyl sites for hydroxylation is 1. The van der Waals surface area contributed by atoms with E-state index >= 15 is 0 Å². The highest BCUT2D eigenvalue weighted by atomic mass is 16.4. The van der Waals surface area contributed by atoms with Crippen LogP contribution in [0.4, 0.5) is 5.82 Å². The number of rotatable bonds is 6. The molecule has 0 spiro atoms. The fourth-order valence-electron chi connectivity index (χ4n) is 1.88. The van der Waals surface area contributed by atoms with E-state index in [0.717, 1.165) is 30.8 Å². The van der Waals surface area contributed by atoms with Gasteiger partial charge in [-0.2, -0.15) is 0 Å². The van der Waals surface area contributed by atoms with Crippen molar-refractivity contribution in [2.45, 2.75) is 38.6 Å². The van der Waals surface area contributed by atoms with Crippen molar-refractivity contribution in [3.63, 3.8) is 0 Å². The molecule has 0 radical (unpaired) electrons. The molecule has 0 amide bonds. The number of anilines is 1. The van der Waals surface area contributed by atoms with Crippen molar-refractivity contribution in [3.8, 4) is 0 Å². The Balaban J connectivity index is 2.03. The number of aliphatic carboxylic acids is 1. The van der Waals surface area contributed by atoms with Crippen molar-refractivity contribution < 1.29 is 9.90 Å². The van der Waals surface area contributed by atoms with Gasteiger partial charge in [-0.3, -0.25) is 4.79 Å². The molecule has 0 bridgehead atoms. The highest BCUT2D eigenvalue weighted by Crippen LogP contribution is 2.35. The van der Waals surface area contributed by atoms with Gasteiger partial charge in [-0.25, -0.2) is 9.97 Å². The van der Waals surface area contributed by atoms with Crippen LogP contribution in [0.1, 0.15) is 31.9 Å². The summed E-state index contributed by atoms with van der Waals surface area (Å²) in [5, 5.41) is 12.1. The summed E-state index contributed by atoms with van der Waals surface area (Å²) in [5.74, 6) is 0.445. The van der Waals surface area contributed by atoms with Crippen LogP contribution < -0.4 is 5.32 Å². The largest absolute Gasteiger partial charge is 0.481 e. The topological polar surface area (TPSA) is 75.1 Å². The van der Waals surface area contributed by atoms with Crippen molar-refractivity contribution in [3.05, 3.63) is 18.1 Å². The summed E-state index contributed by atoms with van der Waals surface area (Å²) in [7, 11) is 0. The Bertz CT molecular complexity index is 404. The summed E-state index contributed by atoms with van der Waals surface area (Å²) < 4.78 is 0. The van der Waals surface area contributed by atoms with Crippen molar-refractivity contribution in [2.24, 2.45) is 5.92 Å². The molecule has 5 nitrogen and oxygen atoms in total. The second kappa shape index (κ2) is 5.12. The molecule has 1 atom stereocenters. The molecule has 1 unspecified atom stereocenters. The first-order valence-electron chi connectivity index (χ1n) is 5.98. The molecule has 1 aliphatic rings. The Labute approximate surface area is 100 Å². The van der Waals surface area contributed by atoms with E-state index in [1.807, 2.05) is 13.0 Å². The SMILES string of the molecule is CCc1cc(NC(CC(=O)O)C2CC2)ncn1. The second-order valence-electron chi connectivity index (χ2n) is 4.43. The molecule has 0 aliphatic heterocycles. The first-order valence-corrected chi connectivity index (χ1v) is 5.98. The molecule has 92 valence electrons. The zero-order valence-corrected chi connectivity index (χ0v) is 9.89. The lowest BCUT2D eigenvalue weighted by Gasteiger charge is -2.16. The zero-order chi connectivity index (χ0) is 12.3. The van der Waals surface area contributed by atoms with Crippen molar-refractivity contribution in [1.82, 2.24) is 9.97 Å². The molecular formula is C12H17N3O2. The lowest BCUT2D eigenvalue weighted by Crippen LogP contribution is -2.25. The van der Waals surface area contributed by atoms with E-state index in [0.29, 0.717) is 5.92 Å². The van der Waals surface area contributed by atoms with Gasteiger partial charge in [-0.15, -0.1) is 0 Å². The second-order valence-corrected chi connectivity index (χ2v) is 4.43. The average Bonchev–Trinajstić information content (AvgIpc) is 3.12. The summed E-state index contributed by atoms with van der Waals surface area (Å²) in [6, 6.07) is 1.88. The molecular weight excluding hydrogens is 218 g/mol. The molecule has 5 heteroatoms. The lowest BCUT2D eigenvalue weighted by atomic mass is 10.1. The number of hydrogen-bond donors (Lipinski definition) is 2. The van der Waals surface area contributed by atoms with Crippen LogP contribution in [-0.4, -0.2) is 27.1 Å². The average molecular weight is 235 g/mol. The fraction of sp³-hybridized carbons (Fsp3) is 0.583. The third kappa shape index (κ3) is 3.41. The standard InChI is InChI=1S/C12H17N3O2/c1-2-9-5-11(14-7-13-9)15-10(6-12(16)17)8-3-4-8/h5,7-8,10H,2-4,6H2,1H3,(H,16,17)(H,13,14,15). The third-order valence-electron chi connectivity index (χ3n) is 3.00. The molecule has 2 N–H and O–H groups in total. The van der Waals surface area contributed by atoms with Crippen LogP contribution >= 0.6 is 0 Å². The monoisotopic (exact) mass is 235 g/mol. The van der Waals surface area contributed by atoms with E-state index in [-0.39, 0.29) is 12.5 Å². The molecule has 1 aliphatic carbocycles. The van der Waals surface area contributed by atoms with Crippen LogP contribution in [-0.2, 0) is 11.2 Å². The normalized spacial score (nSPS) is 16.5. The van der Waals surface area contributed by atoms with Crippen LogP contribution in [0.15, 0.2) is 12.4 Å². The van der Waals surface area contributed by atoms with Gasteiger partial charge in [0.1, 0.15) is 12.1 Å². The minimum absolute atomic E-state index is 0.00731. The summed E-state index contributed by atoms with van der Waals surface area (Å²) in [5.41, 5.74) is 0.965. The van der Waals surface area contributed by atoms with E-state index in [2.05, 4.69) is 15.3 Å². The Morgan fingerprint density at radius 3 is 2.94 bits per heavy atom. The summed E-state index contributed by atoms with van der Waals surface area (Å²) >= 11 is 0. The zero-order valence-electron chi connectivity index (χ0n) is 9.89. The first kappa shape index (κ1) is 11.8. The minimum atomic E-state index is -0.765. The molecule has 1 saturated carbocycles. The van der Waals surface area contributed by atoms with Crippen molar-refractivity contribution >= 4 is 11.8 Å². The number of carboxylic acid groups (broad SMARTS) is 1. The summed E-state index contributed by atoms with van der Waals surface area (Å²) in [4.78, 5) is 19.0. The molecule has 0 aromatic carbocycles. The maximum atomic E-state index is 10.8. The number of aromatic nitrogens is 2. The van der Waals surface area contributed by atoms with E-state index in [9.17, 15) is 4.79 Å². The predicted molar refractivity (Wildman–Crippen MR) is 63.8 cm³/mol. The van der Waals surface area contributed by atoms with Crippen LogP contribution in [0.25, 0.3) is 0 Å². The van der Waals surface area contributed by atoms with Gasteiger partial charge >= 0.3 is 5.97 Å². The van der Waals surface area contributed by atoms with Gasteiger partial charge in [0.2, 0.25) is 0 Å². The van der Waals surface area contributed by atoms with Crippen LogP contribution in [0.2, 0.25) is 0 Å². The van der Waals surface area contributed by atoms with Gasteiger partial charge in [0.05, 0.1) is 6.42 Å². The first-order chi connectivity index (χ1) is 8.19. The smallest absolute Gasteiger partial charge is 0.305 e. The Morgan fingerprint density at radius 1 is 1.59 bits per heavy atom. The maximum absolute atomic E-state index is 10.8. The Kier molecular flexibility index (Phi) is 3.56. The van der Waals surface area contributed by atoms with E-state index in [1.54, 1.807) is 0 Å². The van der Waals surface area contributed by atoms with Crippen LogP contribution in [0.5, 0.6) is 0 Å². The van der Waals surface area contributed by atoms with Crippen molar-refractivity contribution in [1.29, 1.82) is 0 Å². The number of nitrogens with one attached hydrogen (secondary N) is 1. The number of hydrogen-bond acceptors (Lipinski definition) is 4. The third-order valence-corrected chi connectivity index (χ3v) is 3.00. The molecule has 1 heterocycles. The highest BCUT2D eigenvalue weighted by Gasteiger charge is 2.32. The maximum Gasteiger partial charge on any atom is 0.305 e. The van der Waals surface area contributed by atoms with Crippen LogP contribution in [0, 0.1) is 5.92 Å². The van der Waals surface area contributed by atoms with Gasteiger partial charge in [0.25, 0.3) is 0 Å². The van der Waals surface area contributed by atoms with E-state index < -0.39 is 5.97 Å². The Hall–Kier alpha value is -1.65. The molecule has 1 aromatic rings. The van der Waals surface area contributed by atoms with Crippen LogP contribution in [0.3, 0.4) is 0 Å². The molecule has 17 heavy (non-hydrogen) atoms. The number of carbonyl (C=O) groups is 1. The van der Waals surface area contributed by atoms with Gasteiger partial charge in [-0.1, -0.05) is 6.92 Å². The van der Waals surface area contributed by atoms with Gasteiger partial charge in [0.15, 0.2) is 0 Å². The molecule has 2 rings (SSSR count). The fourth-order valence-corrected chi connectivity index (χ4v) is 1.88. The summed E-state index contributed by atoms with van der Waals surface area (Å²) in [6.07, 6.45) is 4.74. The predicted octanol–water partition coefficient (Wildman–Crippen LogP) is 1.70. The molecule has 1 aromatic heterocycles.